The maximum absolute atomic E-state index is 13.7. The summed E-state index contributed by atoms with van der Waals surface area (Å²) in [6, 6.07) is 22.1. The van der Waals surface area contributed by atoms with E-state index < -0.39 is 103 Å². The summed E-state index contributed by atoms with van der Waals surface area (Å²) >= 11 is 0. The summed E-state index contributed by atoms with van der Waals surface area (Å²) in [5.74, 6) is -8.00. The minimum absolute atomic E-state index is 0.0843. The number of carbonyl (C=O) groups excluding carboxylic acids is 6. The van der Waals surface area contributed by atoms with Crippen molar-refractivity contribution in [2.45, 2.75) is 96.2 Å². The SMILES string of the molecule is CC(C)CC(NC(=O)OCc1ccccc1)C(=O)NC(CCC(=O)O)C(=O)NC(C(=O)NN(CC(=O)O)C(=O)[C@H]1O[C@@H]1C(=O)N(Cc1ccccc1)Cc1ccccc1)C(C)O. The Labute approximate surface area is 357 Å². The Hall–Kier alpha value is -6.86. The summed E-state index contributed by atoms with van der Waals surface area (Å²) in [5, 5.41) is 37.1. The molecule has 332 valence electrons. The first-order valence-corrected chi connectivity index (χ1v) is 19.9. The van der Waals surface area contributed by atoms with Crippen LogP contribution in [0.1, 0.15) is 56.7 Å². The van der Waals surface area contributed by atoms with Crippen molar-refractivity contribution < 1.29 is 63.1 Å². The highest BCUT2D eigenvalue weighted by Gasteiger charge is 2.54. The lowest BCUT2D eigenvalue weighted by Gasteiger charge is -2.28. The van der Waals surface area contributed by atoms with Crippen molar-refractivity contribution >= 4 is 47.6 Å². The Morgan fingerprint density at radius 3 is 1.68 bits per heavy atom. The van der Waals surface area contributed by atoms with Gasteiger partial charge in [-0.25, -0.2) is 9.80 Å². The maximum atomic E-state index is 13.7. The molecule has 0 spiro atoms. The van der Waals surface area contributed by atoms with Crippen molar-refractivity contribution in [1.82, 2.24) is 31.3 Å². The number of hydrogen-bond donors (Lipinski definition) is 7. The normalized spacial score (nSPS) is 16.0. The molecule has 0 aliphatic carbocycles. The standard InChI is InChI=1S/C43H52N6O13/c1-26(2)21-32(45-43(60)61-25-30-17-11-6-12-18-30)39(56)44-31(19-20-33(51)52)38(55)46-35(27(3)50)40(57)47-49(24-34(53)54)42(59)37-36(62-37)41(58)48(22-28-13-7-4-8-14-28)23-29-15-9-5-10-16-29/h4-18,26-27,31-32,35-37,50H,19-25H2,1-3H3,(H,44,56)(H,45,60)(H,46,55)(H,47,57)(H,51,52)(H,53,54)/t27?,31?,32?,35?,36-,37-/m0/s1. The number of hydrazine groups is 1. The van der Waals surface area contributed by atoms with E-state index >= 15 is 0 Å². The van der Waals surface area contributed by atoms with Gasteiger partial charge in [0.1, 0.15) is 31.3 Å². The fraction of sp³-hybridized carbons (Fsp3) is 0.395. The molecule has 0 bridgehead atoms. The number of benzene rings is 3. The van der Waals surface area contributed by atoms with Gasteiger partial charge in [-0.1, -0.05) is 105 Å². The zero-order chi connectivity index (χ0) is 45.3. The summed E-state index contributed by atoms with van der Waals surface area (Å²) < 4.78 is 10.7. The van der Waals surface area contributed by atoms with Gasteiger partial charge in [0.05, 0.1) is 6.10 Å². The van der Waals surface area contributed by atoms with Gasteiger partial charge in [-0.15, -0.1) is 0 Å². The van der Waals surface area contributed by atoms with Gasteiger partial charge >= 0.3 is 18.0 Å². The van der Waals surface area contributed by atoms with Crippen molar-refractivity contribution in [3.63, 3.8) is 0 Å². The zero-order valence-corrected chi connectivity index (χ0v) is 34.5. The maximum Gasteiger partial charge on any atom is 0.408 e. The molecule has 4 rings (SSSR count). The number of carboxylic acids is 2. The Morgan fingerprint density at radius 2 is 1.18 bits per heavy atom. The fourth-order valence-electron chi connectivity index (χ4n) is 6.23. The highest BCUT2D eigenvalue weighted by Crippen LogP contribution is 2.28. The van der Waals surface area contributed by atoms with E-state index in [-0.39, 0.29) is 32.0 Å². The van der Waals surface area contributed by atoms with Gasteiger partial charge in [-0.05, 0) is 42.4 Å². The van der Waals surface area contributed by atoms with Crippen LogP contribution in [0.3, 0.4) is 0 Å². The molecular formula is C43H52N6O13. The molecule has 4 unspecified atom stereocenters. The first kappa shape index (κ1) is 47.8. The van der Waals surface area contributed by atoms with Crippen molar-refractivity contribution in [1.29, 1.82) is 0 Å². The van der Waals surface area contributed by atoms with E-state index in [0.717, 1.165) is 18.1 Å². The topological polar surface area (TPSA) is 274 Å². The second-order valence-corrected chi connectivity index (χ2v) is 15.0. The van der Waals surface area contributed by atoms with Crippen LogP contribution in [0, 0.1) is 5.92 Å². The summed E-state index contributed by atoms with van der Waals surface area (Å²) in [4.78, 5) is 106. The van der Waals surface area contributed by atoms with Crippen molar-refractivity contribution in [2.24, 2.45) is 5.92 Å². The molecular weight excluding hydrogens is 809 g/mol. The van der Waals surface area contributed by atoms with Crippen LogP contribution in [0.2, 0.25) is 0 Å². The van der Waals surface area contributed by atoms with Crippen LogP contribution in [0.4, 0.5) is 4.79 Å². The van der Waals surface area contributed by atoms with E-state index in [4.69, 9.17) is 9.47 Å². The molecule has 6 atom stereocenters. The molecule has 3 aromatic rings. The first-order valence-electron chi connectivity index (χ1n) is 19.9. The minimum Gasteiger partial charge on any atom is -0.481 e. The first-order chi connectivity index (χ1) is 29.5. The van der Waals surface area contributed by atoms with E-state index in [1.54, 1.807) is 68.4 Å². The number of rotatable bonds is 22. The van der Waals surface area contributed by atoms with Gasteiger partial charge in [0, 0.05) is 19.5 Å². The lowest BCUT2D eigenvalue weighted by molar-refractivity contribution is -0.152. The van der Waals surface area contributed by atoms with Crippen LogP contribution in [-0.2, 0) is 62.7 Å². The third-order valence-electron chi connectivity index (χ3n) is 9.40. The largest absolute Gasteiger partial charge is 0.481 e. The highest BCUT2D eigenvalue weighted by molar-refractivity contribution is 5.98. The third-order valence-corrected chi connectivity index (χ3v) is 9.40. The van der Waals surface area contributed by atoms with Gasteiger partial charge in [0.2, 0.25) is 11.8 Å². The molecule has 3 aromatic carbocycles. The molecule has 0 radical (unpaired) electrons. The lowest BCUT2D eigenvalue weighted by Crippen LogP contribution is -2.62. The van der Waals surface area contributed by atoms with Gasteiger partial charge in [0.15, 0.2) is 12.2 Å². The van der Waals surface area contributed by atoms with E-state index in [1.807, 2.05) is 36.4 Å². The molecule has 6 amide bonds. The Kier molecular flexibility index (Phi) is 17.9. The number of nitrogens with one attached hydrogen (secondary N) is 4. The molecule has 7 N–H and O–H groups in total. The van der Waals surface area contributed by atoms with Crippen LogP contribution >= 0.6 is 0 Å². The average Bonchev–Trinajstić information content (AvgIpc) is 4.04. The Balaban J connectivity index is 1.45. The van der Waals surface area contributed by atoms with E-state index in [2.05, 4.69) is 21.4 Å². The van der Waals surface area contributed by atoms with E-state index in [9.17, 15) is 53.7 Å². The lowest BCUT2D eigenvalue weighted by atomic mass is 10.0. The van der Waals surface area contributed by atoms with Crippen LogP contribution in [0.15, 0.2) is 91.0 Å². The molecule has 19 heteroatoms. The van der Waals surface area contributed by atoms with Crippen molar-refractivity contribution in [2.75, 3.05) is 6.54 Å². The van der Waals surface area contributed by atoms with Crippen molar-refractivity contribution in [3.05, 3.63) is 108 Å². The van der Waals surface area contributed by atoms with Gasteiger partial charge in [-0.3, -0.25) is 39.0 Å². The molecule has 0 aromatic heterocycles. The predicted octanol–water partition coefficient (Wildman–Crippen LogP) is 1.48. The number of aliphatic hydroxyl groups excluding tert-OH is 1. The summed E-state index contributed by atoms with van der Waals surface area (Å²) in [7, 11) is 0. The third kappa shape index (κ3) is 15.3. The summed E-state index contributed by atoms with van der Waals surface area (Å²) in [5.41, 5.74) is 4.35. The zero-order valence-electron chi connectivity index (χ0n) is 34.5. The second-order valence-electron chi connectivity index (χ2n) is 15.0. The number of carboxylic acid groups (broad SMARTS) is 2. The van der Waals surface area contributed by atoms with E-state index in [0.29, 0.717) is 10.6 Å². The number of carbonyl (C=O) groups is 8. The van der Waals surface area contributed by atoms with E-state index in [1.165, 1.54) is 4.90 Å². The number of alkyl carbamates (subject to hydrolysis) is 1. The molecule has 1 saturated heterocycles. The Morgan fingerprint density at radius 1 is 0.661 bits per heavy atom. The minimum atomic E-state index is -1.89. The molecule has 1 fully saturated rings. The molecule has 1 aliphatic heterocycles. The van der Waals surface area contributed by atoms with Crippen LogP contribution in [0.5, 0.6) is 0 Å². The molecule has 19 nitrogen and oxygen atoms in total. The van der Waals surface area contributed by atoms with Gasteiger partial charge < -0.3 is 45.6 Å². The molecule has 1 heterocycles. The van der Waals surface area contributed by atoms with Crippen LogP contribution in [0.25, 0.3) is 0 Å². The molecule has 62 heavy (non-hydrogen) atoms. The average molecular weight is 861 g/mol. The van der Waals surface area contributed by atoms with Crippen LogP contribution < -0.4 is 21.4 Å². The van der Waals surface area contributed by atoms with Gasteiger partial charge in [-0.2, -0.15) is 0 Å². The summed E-state index contributed by atoms with van der Waals surface area (Å²) in [6.45, 7) is 3.76. The van der Waals surface area contributed by atoms with Gasteiger partial charge in [0.25, 0.3) is 17.7 Å². The van der Waals surface area contributed by atoms with Crippen LogP contribution in [-0.4, -0.2) is 116 Å². The molecule has 1 aliphatic rings. The number of amides is 6. The number of nitrogens with zero attached hydrogens (tertiary/aromatic N) is 2. The Bertz CT molecular complexity index is 1980. The molecule has 0 saturated carbocycles. The summed E-state index contributed by atoms with van der Waals surface area (Å²) in [6.07, 6.45) is -6.47. The predicted molar refractivity (Wildman–Crippen MR) is 219 cm³/mol. The number of aliphatic carboxylic acids is 2. The second kappa shape index (κ2) is 23.2. The quantitative estimate of drug-likeness (QED) is 0.0558. The number of epoxide rings is 1. The highest BCUT2D eigenvalue weighted by atomic mass is 16.6. The van der Waals surface area contributed by atoms with Crippen molar-refractivity contribution in [3.8, 4) is 0 Å². The number of hydrogen-bond acceptors (Lipinski definition) is 11. The number of ether oxygens (including phenoxy) is 2. The smallest absolute Gasteiger partial charge is 0.408 e. The monoisotopic (exact) mass is 860 g/mol. The fourth-order valence-corrected chi connectivity index (χ4v) is 6.23. The number of aliphatic hydroxyl groups is 1.